The minimum absolute atomic E-state index is 0.746. The zero-order valence-electron chi connectivity index (χ0n) is 11.6. The van der Waals surface area contributed by atoms with Crippen LogP contribution >= 0.6 is 0 Å². The largest absolute Gasteiger partial charge is 0.468 e. The fourth-order valence-electron chi connectivity index (χ4n) is 1.86. The van der Waals surface area contributed by atoms with Gasteiger partial charge in [0.1, 0.15) is 5.76 Å². The first kappa shape index (κ1) is 14.3. The molecule has 0 spiro atoms. The highest BCUT2D eigenvalue weighted by atomic mass is 16.3. The predicted octanol–water partition coefficient (Wildman–Crippen LogP) is 2.87. The Morgan fingerprint density at radius 1 is 1.41 bits per heavy atom. The molecular formula is C14H26N2O. The van der Waals surface area contributed by atoms with Crippen LogP contribution in [0.25, 0.3) is 0 Å². The average Bonchev–Trinajstić information content (AvgIpc) is 2.73. The molecule has 98 valence electrons. The molecular weight excluding hydrogens is 212 g/mol. The normalized spacial score (nSPS) is 13.2. The standard InChI is InChI=1S/C14H26N2O/c1-5-12(3)9-16(4)10-14-7-13(11-17-14)8-15-6-2/h7,11-12,15H,5-6,8-10H2,1-4H3. The highest BCUT2D eigenvalue weighted by Gasteiger charge is 2.08. The van der Waals surface area contributed by atoms with Gasteiger partial charge in [0.15, 0.2) is 0 Å². The Morgan fingerprint density at radius 2 is 2.18 bits per heavy atom. The third-order valence-electron chi connectivity index (χ3n) is 3.03. The number of nitrogens with one attached hydrogen (secondary N) is 1. The lowest BCUT2D eigenvalue weighted by Gasteiger charge is -2.18. The number of furan rings is 1. The van der Waals surface area contributed by atoms with E-state index in [4.69, 9.17) is 4.42 Å². The molecule has 0 saturated carbocycles. The number of nitrogens with zero attached hydrogens (tertiary/aromatic N) is 1. The monoisotopic (exact) mass is 238 g/mol. The summed E-state index contributed by atoms with van der Waals surface area (Å²) in [7, 11) is 2.15. The summed E-state index contributed by atoms with van der Waals surface area (Å²) in [5, 5.41) is 3.30. The van der Waals surface area contributed by atoms with Gasteiger partial charge in [-0.3, -0.25) is 4.90 Å². The van der Waals surface area contributed by atoms with Crippen molar-refractivity contribution in [1.82, 2.24) is 10.2 Å². The zero-order valence-corrected chi connectivity index (χ0v) is 11.6. The molecule has 0 aliphatic heterocycles. The van der Waals surface area contributed by atoms with Crippen molar-refractivity contribution in [3.8, 4) is 0 Å². The minimum Gasteiger partial charge on any atom is -0.468 e. The Hall–Kier alpha value is -0.800. The van der Waals surface area contributed by atoms with Gasteiger partial charge in [0, 0.05) is 18.7 Å². The van der Waals surface area contributed by atoms with Gasteiger partial charge in [-0.15, -0.1) is 0 Å². The quantitative estimate of drug-likeness (QED) is 0.755. The Balaban J connectivity index is 2.37. The van der Waals surface area contributed by atoms with Crippen molar-refractivity contribution < 1.29 is 4.42 Å². The van der Waals surface area contributed by atoms with Gasteiger partial charge in [-0.1, -0.05) is 27.2 Å². The predicted molar refractivity (Wildman–Crippen MR) is 71.9 cm³/mol. The molecule has 1 unspecified atom stereocenters. The second-order valence-corrected chi connectivity index (χ2v) is 4.91. The van der Waals surface area contributed by atoms with Crippen LogP contribution in [0.3, 0.4) is 0 Å². The second kappa shape index (κ2) is 7.51. The van der Waals surface area contributed by atoms with Crippen LogP contribution in [0.4, 0.5) is 0 Å². The van der Waals surface area contributed by atoms with E-state index in [-0.39, 0.29) is 0 Å². The lowest BCUT2D eigenvalue weighted by atomic mass is 10.1. The van der Waals surface area contributed by atoms with Crippen molar-refractivity contribution in [2.75, 3.05) is 20.1 Å². The van der Waals surface area contributed by atoms with Gasteiger partial charge in [-0.2, -0.15) is 0 Å². The van der Waals surface area contributed by atoms with Crippen molar-refractivity contribution in [2.24, 2.45) is 5.92 Å². The molecule has 17 heavy (non-hydrogen) atoms. The van der Waals surface area contributed by atoms with Crippen molar-refractivity contribution in [3.05, 3.63) is 23.7 Å². The van der Waals surface area contributed by atoms with Gasteiger partial charge in [0.25, 0.3) is 0 Å². The maximum atomic E-state index is 5.57. The summed E-state index contributed by atoms with van der Waals surface area (Å²) >= 11 is 0. The van der Waals surface area contributed by atoms with Gasteiger partial charge < -0.3 is 9.73 Å². The van der Waals surface area contributed by atoms with Crippen LogP contribution in [-0.2, 0) is 13.1 Å². The lowest BCUT2D eigenvalue weighted by Crippen LogP contribution is -2.23. The summed E-state index contributed by atoms with van der Waals surface area (Å²) in [6, 6.07) is 2.15. The van der Waals surface area contributed by atoms with Crippen molar-refractivity contribution in [3.63, 3.8) is 0 Å². The third-order valence-corrected chi connectivity index (χ3v) is 3.03. The Morgan fingerprint density at radius 3 is 2.82 bits per heavy atom. The van der Waals surface area contributed by atoms with Gasteiger partial charge in [-0.25, -0.2) is 0 Å². The average molecular weight is 238 g/mol. The summed E-state index contributed by atoms with van der Waals surface area (Å²) in [5.74, 6) is 1.81. The maximum Gasteiger partial charge on any atom is 0.118 e. The van der Waals surface area contributed by atoms with Crippen LogP contribution < -0.4 is 5.32 Å². The van der Waals surface area contributed by atoms with E-state index >= 15 is 0 Å². The molecule has 3 heteroatoms. The van der Waals surface area contributed by atoms with E-state index in [0.717, 1.165) is 37.9 Å². The van der Waals surface area contributed by atoms with Gasteiger partial charge in [-0.05, 0) is 25.6 Å². The van der Waals surface area contributed by atoms with Crippen LogP contribution in [0, 0.1) is 5.92 Å². The number of hydrogen-bond acceptors (Lipinski definition) is 3. The van der Waals surface area contributed by atoms with E-state index in [2.05, 4.69) is 44.1 Å². The smallest absolute Gasteiger partial charge is 0.118 e. The van der Waals surface area contributed by atoms with E-state index in [1.807, 2.05) is 6.26 Å². The third kappa shape index (κ3) is 5.37. The van der Waals surface area contributed by atoms with Crippen LogP contribution in [0.5, 0.6) is 0 Å². The molecule has 1 atom stereocenters. The Kier molecular flexibility index (Phi) is 6.30. The molecule has 0 amide bonds. The molecule has 1 aromatic rings. The molecule has 0 aliphatic rings. The van der Waals surface area contributed by atoms with E-state index in [9.17, 15) is 0 Å². The first-order chi connectivity index (χ1) is 8.15. The molecule has 0 aromatic carbocycles. The summed E-state index contributed by atoms with van der Waals surface area (Å²) in [6.07, 6.45) is 3.09. The molecule has 1 aromatic heterocycles. The second-order valence-electron chi connectivity index (χ2n) is 4.91. The summed E-state index contributed by atoms with van der Waals surface area (Å²) in [6.45, 7) is 10.6. The van der Waals surface area contributed by atoms with Crippen molar-refractivity contribution in [1.29, 1.82) is 0 Å². The molecule has 1 N–H and O–H groups in total. The van der Waals surface area contributed by atoms with Gasteiger partial charge in [0.2, 0.25) is 0 Å². The van der Waals surface area contributed by atoms with Crippen molar-refractivity contribution >= 4 is 0 Å². The molecule has 0 saturated heterocycles. The molecule has 0 aliphatic carbocycles. The first-order valence-electron chi connectivity index (χ1n) is 6.61. The van der Waals surface area contributed by atoms with Crippen LogP contribution in [0.1, 0.15) is 38.5 Å². The van der Waals surface area contributed by atoms with E-state index < -0.39 is 0 Å². The first-order valence-corrected chi connectivity index (χ1v) is 6.61. The topological polar surface area (TPSA) is 28.4 Å². The van der Waals surface area contributed by atoms with Crippen LogP contribution in [0.2, 0.25) is 0 Å². The molecule has 3 nitrogen and oxygen atoms in total. The fourth-order valence-corrected chi connectivity index (χ4v) is 1.86. The number of rotatable bonds is 8. The van der Waals surface area contributed by atoms with Gasteiger partial charge in [0.05, 0.1) is 12.8 Å². The highest BCUT2D eigenvalue weighted by molar-refractivity contribution is 5.12. The van der Waals surface area contributed by atoms with Crippen LogP contribution in [0.15, 0.2) is 16.7 Å². The molecule has 0 radical (unpaired) electrons. The van der Waals surface area contributed by atoms with Crippen molar-refractivity contribution in [2.45, 2.75) is 40.3 Å². The molecule has 0 bridgehead atoms. The SMILES string of the molecule is CCNCc1coc(CN(C)CC(C)CC)c1. The maximum absolute atomic E-state index is 5.57. The summed E-state index contributed by atoms with van der Waals surface area (Å²) in [4.78, 5) is 2.32. The summed E-state index contributed by atoms with van der Waals surface area (Å²) < 4.78 is 5.57. The Labute approximate surface area is 105 Å². The van der Waals surface area contributed by atoms with Gasteiger partial charge >= 0.3 is 0 Å². The highest BCUT2D eigenvalue weighted by Crippen LogP contribution is 2.11. The molecule has 1 rings (SSSR count). The number of hydrogen-bond donors (Lipinski definition) is 1. The summed E-state index contributed by atoms with van der Waals surface area (Å²) in [5.41, 5.74) is 1.23. The van der Waals surface area contributed by atoms with E-state index in [1.165, 1.54) is 12.0 Å². The fraction of sp³-hybridized carbons (Fsp3) is 0.714. The lowest BCUT2D eigenvalue weighted by molar-refractivity contribution is 0.254. The van der Waals surface area contributed by atoms with Crippen LogP contribution in [-0.4, -0.2) is 25.0 Å². The Bertz CT molecular complexity index is 309. The van der Waals surface area contributed by atoms with E-state index in [1.54, 1.807) is 0 Å². The van der Waals surface area contributed by atoms with E-state index in [0.29, 0.717) is 0 Å². The molecule has 1 heterocycles. The molecule has 0 fully saturated rings. The minimum atomic E-state index is 0.746. The zero-order chi connectivity index (χ0) is 12.7.